The largest absolute Gasteiger partial charge is 0.508 e. The van der Waals surface area contributed by atoms with Gasteiger partial charge in [-0.25, -0.2) is 4.79 Å². The van der Waals surface area contributed by atoms with Gasteiger partial charge >= 0.3 is 5.97 Å². The molecular weight excluding hydrogens is 376 g/mol. The van der Waals surface area contributed by atoms with Crippen molar-refractivity contribution in [1.82, 2.24) is 0 Å². The highest BCUT2D eigenvalue weighted by Crippen LogP contribution is 2.47. The summed E-state index contributed by atoms with van der Waals surface area (Å²) in [6.45, 7) is 0. The number of carbonyl (C=O) groups excluding carboxylic acids is 1. The summed E-state index contributed by atoms with van der Waals surface area (Å²) in [4.78, 5) is 12.4. The smallest absolute Gasteiger partial charge is 0.340 e. The summed E-state index contributed by atoms with van der Waals surface area (Å²) in [7, 11) is 0. The zero-order valence-electron chi connectivity index (χ0n) is 16.1. The SMILES string of the molecule is O=C1OC(c2ccc(O)cc2)(c2ccc(O)cc2)c2ccccc21.c1ccccc1. The number of cyclic esters (lactones) is 1. The summed E-state index contributed by atoms with van der Waals surface area (Å²) in [5, 5.41) is 19.2. The number of benzene rings is 4. The summed E-state index contributed by atoms with van der Waals surface area (Å²) >= 11 is 0. The van der Waals surface area contributed by atoms with Crippen LogP contribution in [0.5, 0.6) is 11.5 Å². The number of ether oxygens (including phenoxy) is 1. The van der Waals surface area contributed by atoms with E-state index in [2.05, 4.69) is 0 Å². The molecule has 1 aliphatic heterocycles. The molecule has 0 atom stereocenters. The Morgan fingerprint density at radius 3 is 1.47 bits per heavy atom. The van der Waals surface area contributed by atoms with Gasteiger partial charge in [-0.2, -0.15) is 0 Å². The number of carbonyl (C=O) groups is 1. The fourth-order valence-corrected chi connectivity index (χ4v) is 3.59. The molecule has 2 N–H and O–H groups in total. The Morgan fingerprint density at radius 2 is 1.00 bits per heavy atom. The average Bonchev–Trinajstić information content (AvgIpc) is 3.10. The van der Waals surface area contributed by atoms with E-state index in [-0.39, 0.29) is 11.5 Å². The Balaban J connectivity index is 0.000000313. The second-order valence-corrected chi connectivity index (χ2v) is 6.86. The lowest BCUT2D eigenvalue weighted by molar-refractivity contribution is 0.0251. The van der Waals surface area contributed by atoms with Crippen molar-refractivity contribution < 1.29 is 19.7 Å². The van der Waals surface area contributed by atoms with Gasteiger partial charge in [-0.3, -0.25) is 0 Å². The predicted octanol–water partition coefficient (Wildman–Crippen LogP) is 5.25. The van der Waals surface area contributed by atoms with Crippen LogP contribution in [-0.4, -0.2) is 16.2 Å². The zero-order valence-corrected chi connectivity index (χ0v) is 16.1. The maximum absolute atomic E-state index is 12.4. The second kappa shape index (κ2) is 8.13. The molecule has 5 rings (SSSR count). The maximum atomic E-state index is 12.4. The van der Waals surface area contributed by atoms with Crippen LogP contribution < -0.4 is 0 Å². The lowest BCUT2D eigenvalue weighted by atomic mass is 9.80. The number of hydrogen-bond acceptors (Lipinski definition) is 4. The van der Waals surface area contributed by atoms with E-state index in [0.717, 1.165) is 16.7 Å². The van der Waals surface area contributed by atoms with Crippen LogP contribution in [0.4, 0.5) is 0 Å². The molecule has 4 heteroatoms. The van der Waals surface area contributed by atoms with Crippen LogP contribution in [0.25, 0.3) is 0 Å². The van der Waals surface area contributed by atoms with E-state index in [4.69, 9.17) is 4.74 Å². The molecule has 4 aromatic rings. The third kappa shape index (κ3) is 3.51. The highest BCUT2D eigenvalue weighted by Gasteiger charge is 2.48. The van der Waals surface area contributed by atoms with Crippen LogP contribution >= 0.6 is 0 Å². The Bertz CT molecular complexity index is 1060. The number of hydrogen-bond donors (Lipinski definition) is 2. The van der Waals surface area contributed by atoms with E-state index in [0.29, 0.717) is 5.56 Å². The van der Waals surface area contributed by atoms with Crippen LogP contribution in [0.3, 0.4) is 0 Å². The Morgan fingerprint density at radius 1 is 0.567 bits per heavy atom. The van der Waals surface area contributed by atoms with E-state index in [9.17, 15) is 15.0 Å². The van der Waals surface area contributed by atoms with Crippen LogP contribution in [0, 0.1) is 0 Å². The number of esters is 1. The number of phenolic OH excluding ortho intramolecular Hbond substituents is 2. The quantitative estimate of drug-likeness (QED) is 0.454. The summed E-state index contributed by atoms with van der Waals surface area (Å²) < 4.78 is 5.87. The summed E-state index contributed by atoms with van der Waals surface area (Å²) in [6.07, 6.45) is 0. The minimum Gasteiger partial charge on any atom is -0.508 e. The molecule has 0 saturated heterocycles. The minimum atomic E-state index is -1.10. The van der Waals surface area contributed by atoms with E-state index in [1.807, 2.05) is 48.5 Å². The van der Waals surface area contributed by atoms with Crippen molar-refractivity contribution in [2.75, 3.05) is 0 Å². The summed E-state index contributed by atoms with van der Waals surface area (Å²) in [5.41, 5.74) is 1.60. The Kier molecular flexibility index (Phi) is 5.22. The number of fused-ring (bicyclic) bond motifs is 1. The first-order valence-electron chi connectivity index (χ1n) is 9.53. The van der Waals surface area contributed by atoms with Crippen molar-refractivity contribution in [3.63, 3.8) is 0 Å². The van der Waals surface area contributed by atoms with E-state index < -0.39 is 11.6 Å². The third-order valence-corrected chi connectivity index (χ3v) is 4.99. The molecule has 0 amide bonds. The highest BCUT2D eigenvalue weighted by atomic mass is 16.6. The molecule has 1 aliphatic rings. The molecule has 0 fully saturated rings. The van der Waals surface area contributed by atoms with Crippen molar-refractivity contribution in [3.8, 4) is 11.5 Å². The Hall–Kier alpha value is -4.05. The molecule has 0 aromatic heterocycles. The molecule has 0 saturated carbocycles. The molecule has 30 heavy (non-hydrogen) atoms. The first-order valence-corrected chi connectivity index (χ1v) is 9.53. The number of rotatable bonds is 2. The van der Waals surface area contributed by atoms with Gasteiger partial charge in [0, 0.05) is 16.7 Å². The molecule has 4 aromatic carbocycles. The van der Waals surface area contributed by atoms with Gasteiger partial charge in [0.2, 0.25) is 0 Å². The van der Waals surface area contributed by atoms with Crippen molar-refractivity contribution >= 4 is 5.97 Å². The lowest BCUT2D eigenvalue weighted by Crippen LogP contribution is -2.29. The Labute approximate surface area is 174 Å². The monoisotopic (exact) mass is 396 g/mol. The van der Waals surface area contributed by atoms with Crippen LogP contribution in [0.2, 0.25) is 0 Å². The molecule has 4 nitrogen and oxygen atoms in total. The molecular formula is C26H20O4. The fourth-order valence-electron chi connectivity index (χ4n) is 3.59. The topological polar surface area (TPSA) is 66.8 Å². The van der Waals surface area contributed by atoms with E-state index in [1.54, 1.807) is 60.7 Å². The third-order valence-electron chi connectivity index (χ3n) is 4.99. The molecule has 148 valence electrons. The normalized spacial score (nSPS) is 13.5. The lowest BCUT2D eigenvalue weighted by Gasteiger charge is -2.30. The van der Waals surface area contributed by atoms with Gasteiger partial charge < -0.3 is 14.9 Å². The highest BCUT2D eigenvalue weighted by molar-refractivity contribution is 5.96. The van der Waals surface area contributed by atoms with Gasteiger partial charge in [0.05, 0.1) is 5.56 Å². The van der Waals surface area contributed by atoms with Gasteiger partial charge in [-0.05, 0) is 30.3 Å². The first-order chi connectivity index (χ1) is 14.6. The summed E-state index contributed by atoms with van der Waals surface area (Å²) in [6, 6.07) is 32.4. The van der Waals surface area contributed by atoms with Gasteiger partial charge in [0.1, 0.15) is 11.5 Å². The molecule has 0 radical (unpaired) electrons. The first kappa shape index (κ1) is 19.3. The van der Waals surface area contributed by atoms with Crippen molar-refractivity contribution in [2.24, 2.45) is 0 Å². The second-order valence-electron chi connectivity index (χ2n) is 6.86. The van der Waals surface area contributed by atoms with E-state index >= 15 is 0 Å². The van der Waals surface area contributed by atoms with Crippen molar-refractivity contribution in [2.45, 2.75) is 5.60 Å². The molecule has 0 aliphatic carbocycles. The predicted molar refractivity (Wildman–Crippen MR) is 114 cm³/mol. The molecule has 0 unspecified atom stereocenters. The minimum absolute atomic E-state index is 0.136. The number of phenols is 2. The average molecular weight is 396 g/mol. The number of aromatic hydroxyl groups is 2. The standard InChI is InChI=1S/C20H14O4.C6H6/c21-15-9-5-13(6-10-15)20(14-7-11-16(22)12-8-14)18-4-2-1-3-17(18)19(23)24-20;1-2-4-6-5-3-1/h1-12,21-22H;1-6H. The van der Waals surface area contributed by atoms with Crippen molar-refractivity contribution in [3.05, 3.63) is 131 Å². The van der Waals surface area contributed by atoms with Crippen molar-refractivity contribution in [1.29, 1.82) is 0 Å². The van der Waals surface area contributed by atoms with E-state index in [1.165, 1.54) is 0 Å². The molecule has 0 spiro atoms. The van der Waals surface area contributed by atoms with Gasteiger partial charge in [0.15, 0.2) is 5.60 Å². The molecule has 1 heterocycles. The van der Waals surface area contributed by atoms with Gasteiger partial charge in [0.25, 0.3) is 0 Å². The fraction of sp³-hybridized carbons (Fsp3) is 0.0385. The maximum Gasteiger partial charge on any atom is 0.340 e. The molecule has 0 bridgehead atoms. The zero-order chi connectivity index (χ0) is 21.0. The summed E-state index contributed by atoms with van der Waals surface area (Å²) in [5.74, 6) is -0.124. The van der Waals surface area contributed by atoms with Crippen LogP contribution in [0.15, 0.2) is 109 Å². The van der Waals surface area contributed by atoms with Crippen LogP contribution in [-0.2, 0) is 10.3 Å². The van der Waals surface area contributed by atoms with Gasteiger partial charge in [-0.15, -0.1) is 0 Å². The van der Waals surface area contributed by atoms with Crippen LogP contribution in [0.1, 0.15) is 27.0 Å². The van der Waals surface area contributed by atoms with Gasteiger partial charge in [-0.1, -0.05) is 78.9 Å².